The van der Waals surface area contributed by atoms with E-state index in [1.807, 2.05) is 20.9 Å². The Morgan fingerprint density at radius 3 is 2.54 bits per heavy atom. The predicted molar refractivity (Wildman–Crippen MR) is 99.7 cm³/mol. The fourth-order valence-electron chi connectivity index (χ4n) is 2.62. The van der Waals surface area contributed by atoms with Crippen molar-refractivity contribution in [1.29, 1.82) is 0 Å². The molecule has 2 aromatic heterocycles. The number of hydrogen-bond donors (Lipinski definition) is 1. The molecule has 2 heterocycles. The van der Waals surface area contributed by atoms with Crippen molar-refractivity contribution in [3.8, 4) is 0 Å². The summed E-state index contributed by atoms with van der Waals surface area (Å²) in [6.07, 6.45) is 0.788. The molecule has 2 rings (SSSR count). The second-order valence-electron chi connectivity index (χ2n) is 7.52. The zero-order chi connectivity index (χ0) is 18.2. The number of aromatic nitrogens is 2. The molecule has 1 amide bonds. The first-order valence-corrected chi connectivity index (χ1v) is 9.08. The number of aryl methyl sites for hydroxylation is 3. The number of carbonyl (C=O) groups excluding carboxylic acids is 1. The molecule has 0 saturated carbocycles. The smallest absolute Gasteiger partial charge is 0.259 e. The van der Waals surface area contributed by atoms with Gasteiger partial charge in [0.15, 0.2) is 0 Å². The Labute approximate surface area is 147 Å². The van der Waals surface area contributed by atoms with Crippen molar-refractivity contribution in [2.24, 2.45) is 5.41 Å². The number of fused-ring (bicyclic) bond motifs is 1. The second kappa shape index (κ2) is 6.67. The maximum atomic E-state index is 12.4. The molecule has 6 heteroatoms. The molecule has 1 N–H and O–H groups in total. The summed E-state index contributed by atoms with van der Waals surface area (Å²) >= 11 is 1.53. The molecule has 2 aromatic rings. The third-order valence-corrected chi connectivity index (χ3v) is 5.99. The molecule has 0 aliphatic heterocycles. The summed E-state index contributed by atoms with van der Waals surface area (Å²) in [7, 11) is 1.84. The summed E-state index contributed by atoms with van der Waals surface area (Å²) in [6.45, 7) is 12.4. The highest BCUT2D eigenvalue weighted by atomic mass is 32.1. The van der Waals surface area contributed by atoms with E-state index < -0.39 is 0 Å². The van der Waals surface area contributed by atoms with E-state index in [1.54, 1.807) is 4.90 Å². The molecule has 1 atom stereocenters. The topological polar surface area (TPSA) is 66.1 Å². The fraction of sp³-hybridized carbons (Fsp3) is 0.611. The molecule has 0 spiro atoms. The SMILES string of the molecule is Cc1sc2nc(CCC(=O)N(C)C(C)C(C)(C)C)[nH]c(=O)c2c1C. The first-order valence-electron chi connectivity index (χ1n) is 8.27. The Bertz CT molecular complexity index is 814. The van der Waals surface area contributed by atoms with Gasteiger partial charge in [-0.25, -0.2) is 4.98 Å². The van der Waals surface area contributed by atoms with Gasteiger partial charge in [-0.05, 0) is 31.7 Å². The average Bonchev–Trinajstić information content (AvgIpc) is 2.77. The van der Waals surface area contributed by atoms with Crippen LogP contribution in [0.25, 0.3) is 10.2 Å². The lowest BCUT2D eigenvalue weighted by atomic mass is 9.87. The Kier molecular flexibility index (Phi) is 5.18. The van der Waals surface area contributed by atoms with E-state index in [-0.39, 0.29) is 22.9 Å². The molecular formula is C18H27N3O2S. The summed E-state index contributed by atoms with van der Waals surface area (Å²) in [5.74, 6) is 0.651. The van der Waals surface area contributed by atoms with Crippen molar-refractivity contribution in [3.05, 3.63) is 26.6 Å². The predicted octanol–water partition coefficient (Wildman–Crippen LogP) is 3.43. The minimum absolute atomic E-state index is 0.0297. The average molecular weight is 350 g/mol. The van der Waals surface area contributed by atoms with Crippen molar-refractivity contribution in [2.45, 2.75) is 60.4 Å². The van der Waals surface area contributed by atoms with Crippen molar-refractivity contribution in [3.63, 3.8) is 0 Å². The number of thiophene rings is 1. The number of H-pyrrole nitrogens is 1. The van der Waals surface area contributed by atoms with Crippen LogP contribution >= 0.6 is 11.3 Å². The fourth-order valence-corrected chi connectivity index (χ4v) is 3.67. The highest BCUT2D eigenvalue weighted by Crippen LogP contribution is 2.26. The molecular weight excluding hydrogens is 322 g/mol. The lowest BCUT2D eigenvalue weighted by molar-refractivity contribution is -0.133. The van der Waals surface area contributed by atoms with Gasteiger partial charge >= 0.3 is 0 Å². The van der Waals surface area contributed by atoms with Crippen LogP contribution in [0.2, 0.25) is 0 Å². The van der Waals surface area contributed by atoms with Gasteiger partial charge in [-0.1, -0.05) is 20.8 Å². The Hall–Kier alpha value is -1.69. The van der Waals surface area contributed by atoms with Crippen molar-refractivity contribution < 1.29 is 4.79 Å². The van der Waals surface area contributed by atoms with Crippen molar-refractivity contribution in [1.82, 2.24) is 14.9 Å². The van der Waals surface area contributed by atoms with Crippen molar-refractivity contribution in [2.75, 3.05) is 7.05 Å². The first kappa shape index (κ1) is 18.6. The van der Waals surface area contributed by atoms with Crippen LogP contribution in [-0.4, -0.2) is 33.9 Å². The highest BCUT2D eigenvalue weighted by Gasteiger charge is 2.26. The number of hydrogen-bond acceptors (Lipinski definition) is 4. The van der Waals surface area contributed by atoms with E-state index >= 15 is 0 Å². The normalized spacial score (nSPS) is 13.3. The molecule has 0 aromatic carbocycles. The first-order chi connectivity index (χ1) is 11.0. The quantitative estimate of drug-likeness (QED) is 0.919. The number of aromatic amines is 1. The van der Waals surface area contributed by atoms with E-state index in [0.29, 0.717) is 24.1 Å². The van der Waals surface area contributed by atoms with Crippen LogP contribution in [0.3, 0.4) is 0 Å². The maximum absolute atomic E-state index is 12.4. The maximum Gasteiger partial charge on any atom is 0.259 e. The van der Waals surface area contributed by atoms with Gasteiger partial charge in [0.05, 0.1) is 5.39 Å². The molecule has 132 valence electrons. The van der Waals surface area contributed by atoms with Gasteiger partial charge in [0.1, 0.15) is 10.7 Å². The van der Waals surface area contributed by atoms with E-state index in [2.05, 4.69) is 37.7 Å². The summed E-state index contributed by atoms with van der Waals surface area (Å²) in [4.78, 5) is 35.7. The zero-order valence-corrected chi connectivity index (χ0v) is 16.4. The van der Waals surface area contributed by atoms with Crippen LogP contribution in [0.1, 0.15) is 50.4 Å². The van der Waals surface area contributed by atoms with E-state index in [4.69, 9.17) is 0 Å². The van der Waals surface area contributed by atoms with Gasteiger partial charge < -0.3 is 9.88 Å². The molecule has 5 nitrogen and oxygen atoms in total. The van der Waals surface area contributed by atoms with Crippen LogP contribution in [0.4, 0.5) is 0 Å². The minimum atomic E-state index is -0.110. The summed E-state index contributed by atoms with van der Waals surface area (Å²) in [5.41, 5.74) is 0.910. The van der Waals surface area contributed by atoms with Crippen LogP contribution in [0, 0.1) is 19.3 Å². The van der Waals surface area contributed by atoms with Gasteiger partial charge in [0, 0.05) is 30.8 Å². The minimum Gasteiger partial charge on any atom is -0.343 e. The van der Waals surface area contributed by atoms with Gasteiger partial charge in [-0.2, -0.15) is 0 Å². The third kappa shape index (κ3) is 3.69. The number of nitrogens with zero attached hydrogens (tertiary/aromatic N) is 2. The van der Waals surface area contributed by atoms with Gasteiger partial charge in [-0.3, -0.25) is 9.59 Å². The molecule has 1 unspecified atom stereocenters. The molecule has 0 radical (unpaired) electrons. The van der Waals surface area contributed by atoms with Crippen molar-refractivity contribution >= 4 is 27.5 Å². The number of nitrogens with one attached hydrogen (secondary N) is 1. The molecule has 0 fully saturated rings. The molecule has 24 heavy (non-hydrogen) atoms. The number of amides is 1. The van der Waals surface area contributed by atoms with Crippen LogP contribution in [-0.2, 0) is 11.2 Å². The van der Waals surface area contributed by atoms with E-state index in [0.717, 1.165) is 15.3 Å². The monoisotopic (exact) mass is 349 g/mol. The molecule has 0 aliphatic rings. The molecule has 0 saturated heterocycles. The van der Waals surface area contributed by atoms with Crippen LogP contribution in [0.15, 0.2) is 4.79 Å². The van der Waals surface area contributed by atoms with Gasteiger partial charge in [0.2, 0.25) is 5.91 Å². The number of carbonyl (C=O) groups is 1. The van der Waals surface area contributed by atoms with Crippen LogP contribution in [0.5, 0.6) is 0 Å². The van der Waals surface area contributed by atoms with Gasteiger partial charge in [0.25, 0.3) is 5.56 Å². The summed E-state index contributed by atoms with van der Waals surface area (Å²) < 4.78 is 0. The summed E-state index contributed by atoms with van der Waals surface area (Å²) in [6, 6.07) is 0.141. The molecule has 0 aliphatic carbocycles. The Morgan fingerprint density at radius 1 is 1.33 bits per heavy atom. The summed E-state index contributed by atoms with van der Waals surface area (Å²) in [5, 5.41) is 0.672. The van der Waals surface area contributed by atoms with E-state index in [1.165, 1.54) is 11.3 Å². The lowest BCUT2D eigenvalue weighted by Crippen LogP contribution is -2.43. The second-order valence-corrected chi connectivity index (χ2v) is 8.73. The largest absolute Gasteiger partial charge is 0.343 e. The lowest BCUT2D eigenvalue weighted by Gasteiger charge is -2.35. The highest BCUT2D eigenvalue weighted by molar-refractivity contribution is 7.18. The number of rotatable bonds is 4. The Balaban J connectivity index is 2.14. The zero-order valence-electron chi connectivity index (χ0n) is 15.6. The van der Waals surface area contributed by atoms with Gasteiger partial charge in [-0.15, -0.1) is 11.3 Å². The van der Waals surface area contributed by atoms with E-state index in [9.17, 15) is 9.59 Å². The Morgan fingerprint density at radius 2 is 1.96 bits per heavy atom. The third-order valence-electron chi connectivity index (χ3n) is 4.89. The standard InChI is InChI=1S/C18H27N3O2S/c1-10-11(2)24-17-15(10)16(23)19-13(20-17)8-9-14(22)21(7)12(3)18(4,5)6/h12H,8-9H2,1-7H3,(H,19,20,23). The molecule has 0 bridgehead atoms. The van der Waals surface area contributed by atoms with Crippen LogP contribution < -0.4 is 5.56 Å².